The fourth-order valence-corrected chi connectivity index (χ4v) is 4.09. The normalized spacial score (nSPS) is 20.1. The molecule has 12 heteroatoms. The number of carbonyl (C=O) groups excluding carboxylic acids is 3. The summed E-state index contributed by atoms with van der Waals surface area (Å²) in [6.07, 6.45) is 0.385. The lowest BCUT2D eigenvalue weighted by atomic mass is 9.95. The molecule has 0 unspecified atom stereocenters. The smallest absolute Gasteiger partial charge is 0.326 e. The lowest BCUT2D eigenvalue weighted by molar-refractivity contribution is -0.142. The summed E-state index contributed by atoms with van der Waals surface area (Å²) in [4.78, 5) is 50.0. The Labute approximate surface area is 213 Å². The number of hydrogen-bond acceptors (Lipinski definition) is 8. The molecule has 3 amide bonds. The Hall–Kier alpha value is -4.00. The van der Waals surface area contributed by atoms with Crippen LogP contribution < -0.4 is 33.2 Å². The number of aliphatic carboxylic acids is 1. The van der Waals surface area contributed by atoms with E-state index in [2.05, 4.69) is 16.0 Å². The second-order valence-electron chi connectivity index (χ2n) is 8.87. The van der Waals surface area contributed by atoms with Crippen molar-refractivity contribution in [3.63, 3.8) is 0 Å². The fraction of sp³-hybridized carbons (Fsp3) is 0.360. The van der Waals surface area contributed by atoms with Crippen molar-refractivity contribution >= 4 is 29.4 Å². The van der Waals surface area contributed by atoms with Crippen LogP contribution in [0.5, 0.6) is 5.75 Å². The third kappa shape index (κ3) is 7.03. The molecule has 0 radical (unpaired) electrons. The molecule has 0 saturated carbocycles. The zero-order valence-corrected chi connectivity index (χ0v) is 20.2. The van der Waals surface area contributed by atoms with E-state index in [0.29, 0.717) is 34.4 Å². The number of rotatable bonds is 6. The first kappa shape index (κ1) is 27.6. The lowest BCUT2D eigenvalue weighted by Crippen LogP contribution is -2.55. The van der Waals surface area contributed by atoms with Crippen LogP contribution in [0.15, 0.2) is 36.4 Å². The van der Waals surface area contributed by atoms with Crippen molar-refractivity contribution in [2.24, 2.45) is 17.2 Å². The SMILES string of the molecule is NCCC[C@@H]1NC(=O)[C@@H](N)Cc2cc(ccc2O)-c2ccc(NC(=O)CN)c(c2)C[C@@H](C(=O)O)NC1=O. The molecule has 3 rings (SSSR count). The molecule has 37 heavy (non-hydrogen) atoms. The van der Waals surface area contributed by atoms with E-state index in [1.54, 1.807) is 30.3 Å². The molecule has 0 aliphatic carbocycles. The van der Waals surface area contributed by atoms with Crippen LogP contribution in [0.25, 0.3) is 11.1 Å². The summed E-state index contributed by atoms with van der Waals surface area (Å²) in [6, 6.07) is 6.32. The minimum Gasteiger partial charge on any atom is -0.508 e. The number of aromatic hydroxyl groups is 1. The molecule has 12 nitrogen and oxygen atoms in total. The summed E-state index contributed by atoms with van der Waals surface area (Å²) < 4.78 is 0. The number of nitrogens with one attached hydrogen (secondary N) is 3. The molecule has 2 aromatic carbocycles. The molecule has 0 aromatic heterocycles. The summed E-state index contributed by atoms with van der Waals surface area (Å²) in [7, 11) is 0. The number of phenols is 1. The molecule has 198 valence electrons. The standard InChI is InChI=1S/C25H32N6O6/c26-7-1-2-19-24(35)31-20(25(36)37)11-15-8-13(3-5-18(15)29-22(33)12-27)14-4-6-21(32)16(9-14)10-17(28)23(34)30-19/h3-6,8-9,17,19-20,32H,1-2,7,10-12,26-28H2,(H,29,33)(H,30,34)(H,31,35)(H,36,37)/t17-,19-,20-/m0/s1. The molecule has 0 spiro atoms. The summed E-state index contributed by atoms with van der Waals surface area (Å²) >= 11 is 0. The van der Waals surface area contributed by atoms with Crippen LogP contribution in [0.4, 0.5) is 5.69 Å². The van der Waals surface area contributed by atoms with E-state index >= 15 is 0 Å². The predicted octanol–water partition coefficient (Wildman–Crippen LogP) is -0.825. The van der Waals surface area contributed by atoms with Crippen molar-refractivity contribution in [3.8, 4) is 16.9 Å². The van der Waals surface area contributed by atoms with Gasteiger partial charge in [0.2, 0.25) is 17.7 Å². The summed E-state index contributed by atoms with van der Waals surface area (Å²) in [5.41, 5.74) is 19.6. The lowest BCUT2D eigenvalue weighted by Gasteiger charge is -2.23. The van der Waals surface area contributed by atoms with Gasteiger partial charge in [-0.15, -0.1) is 0 Å². The van der Waals surface area contributed by atoms with Crippen LogP contribution in [-0.2, 0) is 32.0 Å². The number of fused-ring (bicyclic) bond motifs is 5. The van der Waals surface area contributed by atoms with Gasteiger partial charge in [0.1, 0.15) is 17.8 Å². The van der Waals surface area contributed by atoms with E-state index in [4.69, 9.17) is 17.2 Å². The second kappa shape index (κ2) is 12.3. The van der Waals surface area contributed by atoms with E-state index in [0.717, 1.165) is 0 Å². The van der Waals surface area contributed by atoms with Gasteiger partial charge in [0.15, 0.2) is 0 Å². The number of benzene rings is 2. The van der Waals surface area contributed by atoms with E-state index < -0.39 is 41.8 Å². The minimum absolute atomic E-state index is 0.00795. The van der Waals surface area contributed by atoms with Gasteiger partial charge < -0.3 is 43.4 Å². The Kier molecular flexibility index (Phi) is 9.17. The van der Waals surface area contributed by atoms with E-state index in [9.17, 15) is 29.4 Å². The van der Waals surface area contributed by atoms with Crippen molar-refractivity contribution in [1.82, 2.24) is 10.6 Å². The van der Waals surface area contributed by atoms with Crippen LogP contribution in [0.2, 0.25) is 0 Å². The van der Waals surface area contributed by atoms with Gasteiger partial charge in [-0.2, -0.15) is 0 Å². The summed E-state index contributed by atoms with van der Waals surface area (Å²) in [6.45, 7) is -0.0178. The van der Waals surface area contributed by atoms with Crippen LogP contribution in [0.1, 0.15) is 24.0 Å². The van der Waals surface area contributed by atoms with Gasteiger partial charge in [0.05, 0.1) is 12.6 Å². The summed E-state index contributed by atoms with van der Waals surface area (Å²) in [5, 5.41) is 28.0. The highest BCUT2D eigenvalue weighted by atomic mass is 16.4. The van der Waals surface area contributed by atoms with Gasteiger partial charge >= 0.3 is 5.97 Å². The quantitative estimate of drug-likeness (QED) is 0.242. The predicted molar refractivity (Wildman–Crippen MR) is 136 cm³/mol. The number of nitrogens with two attached hydrogens (primary N) is 3. The van der Waals surface area contributed by atoms with Crippen molar-refractivity contribution < 1.29 is 29.4 Å². The largest absolute Gasteiger partial charge is 0.508 e. The maximum Gasteiger partial charge on any atom is 0.326 e. The molecule has 0 saturated heterocycles. The number of phenolic OH excluding ortho intramolecular Hbond substituents is 1. The van der Waals surface area contributed by atoms with Crippen LogP contribution in [0.3, 0.4) is 0 Å². The maximum absolute atomic E-state index is 13.1. The summed E-state index contributed by atoms with van der Waals surface area (Å²) in [5.74, 6) is -3.15. The molecule has 3 atom stereocenters. The zero-order chi connectivity index (χ0) is 27.1. The highest BCUT2D eigenvalue weighted by Gasteiger charge is 2.29. The number of carboxylic acid groups (broad SMARTS) is 1. The van der Waals surface area contributed by atoms with Crippen molar-refractivity contribution in [2.75, 3.05) is 18.4 Å². The third-order valence-corrected chi connectivity index (χ3v) is 6.12. The van der Waals surface area contributed by atoms with E-state index in [1.165, 1.54) is 6.07 Å². The fourth-order valence-electron chi connectivity index (χ4n) is 4.09. The van der Waals surface area contributed by atoms with E-state index in [1.807, 2.05) is 0 Å². The first-order chi connectivity index (χ1) is 17.6. The number of carboxylic acids is 1. The minimum atomic E-state index is -1.37. The molecule has 1 aliphatic rings. The molecular formula is C25H32N6O6. The average molecular weight is 513 g/mol. The third-order valence-electron chi connectivity index (χ3n) is 6.12. The maximum atomic E-state index is 13.1. The highest BCUT2D eigenvalue weighted by Crippen LogP contribution is 2.30. The second-order valence-corrected chi connectivity index (χ2v) is 8.87. The van der Waals surface area contributed by atoms with Gasteiger partial charge in [-0.3, -0.25) is 14.4 Å². The molecule has 11 N–H and O–H groups in total. The molecule has 4 bridgehead atoms. The van der Waals surface area contributed by atoms with Crippen LogP contribution in [0, 0.1) is 0 Å². The Bertz CT molecular complexity index is 1190. The Morgan fingerprint density at radius 2 is 1.65 bits per heavy atom. The zero-order valence-electron chi connectivity index (χ0n) is 20.2. The van der Waals surface area contributed by atoms with Gasteiger partial charge in [0.25, 0.3) is 0 Å². The molecule has 1 aliphatic heterocycles. The number of amides is 3. The van der Waals surface area contributed by atoms with Crippen LogP contribution >= 0.6 is 0 Å². The monoisotopic (exact) mass is 512 g/mol. The van der Waals surface area contributed by atoms with Gasteiger partial charge in [-0.25, -0.2) is 4.79 Å². The Morgan fingerprint density at radius 1 is 0.973 bits per heavy atom. The number of anilines is 1. The first-order valence-corrected chi connectivity index (χ1v) is 11.9. The Balaban J connectivity index is 2.13. The molecule has 1 heterocycles. The molecular weight excluding hydrogens is 480 g/mol. The Morgan fingerprint density at radius 3 is 2.30 bits per heavy atom. The van der Waals surface area contributed by atoms with E-state index in [-0.39, 0.29) is 38.1 Å². The topological polar surface area (TPSA) is 223 Å². The highest BCUT2D eigenvalue weighted by molar-refractivity contribution is 5.94. The van der Waals surface area contributed by atoms with Gasteiger partial charge in [-0.1, -0.05) is 12.1 Å². The van der Waals surface area contributed by atoms with Crippen LogP contribution in [-0.4, -0.2) is 65.1 Å². The van der Waals surface area contributed by atoms with Crippen molar-refractivity contribution in [1.29, 1.82) is 0 Å². The van der Waals surface area contributed by atoms with Gasteiger partial charge in [-0.05, 0) is 65.9 Å². The average Bonchev–Trinajstić information content (AvgIpc) is 2.87. The molecule has 2 aromatic rings. The number of carbonyl (C=O) groups is 4. The first-order valence-electron chi connectivity index (χ1n) is 11.9. The molecule has 0 fully saturated rings. The van der Waals surface area contributed by atoms with Crippen molar-refractivity contribution in [3.05, 3.63) is 47.5 Å². The number of hydrogen-bond donors (Lipinski definition) is 8. The van der Waals surface area contributed by atoms with Crippen molar-refractivity contribution in [2.45, 2.75) is 43.8 Å². The van der Waals surface area contributed by atoms with Gasteiger partial charge in [0, 0.05) is 18.5 Å².